The molecule has 4 rings (SSSR count). The van der Waals surface area contributed by atoms with Crippen LogP contribution in [0.15, 0.2) is 102 Å². The SMILES string of the molecule is Cc1ccc(S(=O)(=O)NC(C#Cc2ccccc2)c2ccc3ccccc3c2)cc1. The van der Waals surface area contributed by atoms with Crippen LogP contribution in [0.3, 0.4) is 0 Å². The molecular weight excluding hydrogens is 390 g/mol. The van der Waals surface area contributed by atoms with Gasteiger partial charge in [0.15, 0.2) is 0 Å². The summed E-state index contributed by atoms with van der Waals surface area (Å²) < 4.78 is 28.8. The van der Waals surface area contributed by atoms with Gasteiger partial charge in [-0.25, -0.2) is 8.42 Å². The molecule has 0 radical (unpaired) electrons. The minimum Gasteiger partial charge on any atom is -0.207 e. The molecule has 148 valence electrons. The van der Waals surface area contributed by atoms with Crippen LogP contribution >= 0.6 is 0 Å². The zero-order valence-corrected chi connectivity index (χ0v) is 17.4. The van der Waals surface area contributed by atoms with Crippen molar-refractivity contribution >= 4 is 20.8 Å². The minimum absolute atomic E-state index is 0.223. The van der Waals surface area contributed by atoms with Crippen LogP contribution in [0.5, 0.6) is 0 Å². The van der Waals surface area contributed by atoms with Crippen LogP contribution < -0.4 is 4.72 Å². The smallest absolute Gasteiger partial charge is 0.207 e. The lowest BCUT2D eigenvalue weighted by Crippen LogP contribution is -2.28. The molecule has 0 aliphatic rings. The second-order valence-electron chi connectivity index (χ2n) is 7.11. The first-order chi connectivity index (χ1) is 14.5. The molecule has 4 heteroatoms. The zero-order chi connectivity index (χ0) is 21.0. The molecule has 4 aromatic carbocycles. The summed E-state index contributed by atoms with van der Waals surface area (Å²) in [5.74, 6) is 6.21. The van der Waals surface area contributed by atoms with Crippen molar-refractivity contribution in [1.29, 1.82) is 0 Å². The molecule has 30 heavy (non-hydrogen) atoms. The number of nitrogens with one attached hydrogen (secondary N) is 1. The van der Waals surface area contributed by atoms with Crippen LogP contribution in [-0.2, 0) is 10.0 Å². The second-order valence-corrected chi connectivity index (χ2v) is 8.82. The topological polar surface area (TPSA) is 46.2 Å². The quantitative estimate of drug-likeness (QED) is 0.468. The van der Waals surface area contributed by atoms with Crippen LogP contribution in [0.2, 0.25) is 0 Å². The van der Waals surface area contributed by atoms with Crippen molar-refractivity contribution in [3.63, 3.8) is 0 Å². The Kier molecular flexibility index (Phi) is 5.67. The molecule has 1 atom stereocenters. The molecule has 0 aliphatic carbocycles. The summed E-state index contributed by atoms with van der Waals surface area (Å²) in [5, 5.41) is 2.13. The molecule has 1 N–H and O–H groups in total. The van der Waals surface area contributed by atoms with Crippen molar-refractivity contribution in [2.24, 2.45) is 0 Å². The van der Waals surface area contributed by atoms with Crippen LogP contribution in [0, 0.1) is 18.8 Å². The van der Waals surface area contributed by atoms with Crippen molar-refractivity contribution in [2.75, 3.05) is 0 Å². The van der Waals surface area contributed by atoms with Crippen molar-refractivity contribution in [3.8, 4) is 11.8 Å². The van der Waals surface area contributed by atoms with Gasteiger partial charge in [0, 0.05) is 5.56 Å². The van der Waals surface area contributed by atoms with Crippen molar-refractivity contribution in [1.82, 2.24) is 4.72 Å². The first-order valence-electron chi connectivity index (χ1n) is 9.66. The number of sulfonamides is 1. The molecule has 0 saturated heterocycles. The Morgan fingerprint density at radius 3 is 2.17 bits per heavy atom. The fourth-order valence-corrected chi connectivity index (χ4v) is 4.32. The van der Waals surface area contributed by atoms with E-state index in [1.165, 1.54) is 0 Å². The Hall–Kier alpha value is -3.39. The normalized spacial score (nSPS) is 12.2. The lowest BCUT2D eigenvalue weighted by atomic mass is 10.0. The molecule has 0 saturated carbocycles. The monoisotopic (exact) mass is 411 g/mol. The average Bonchev–Trinajstić information content (AvgIpc) is 2.77. The highest BCUT2D eigenvalue weighted by Gasteiger charge is 2.20. The zero-order valence-electron chi connectivity index (χ0n) is 16.5. The summed E-state index contributed by atoms with van der Waals surface area (Å²) >= 11 is 0. The molecule has 0 bridgehead atoms. The van der Waals surface area contributed by atoms with Crippen LogP contribution in [-0.4, -0.2) is 8.42 Å². The summed E-state index contributed by atoms with van der Waals surface area (Å²) in [4.78, 5) is 0.223. The summed E-state index contributed by atoms with van der Waals surface area (Å²) in [6, 6.07) is 29.5. The molecule has 0 aliphatic heterocycles. The maximum Gasteiger partial charge on any atom is 0.241 e. The predicted molar refractivity (Wildman–Crippen MR) is 122 cm³/mol. The van der Waals surface area contributed by atoms with Gasteiger partial charge in [-0.05, 0) is 53.6 Å². The number of hydrogen-bond acceptors (Lipinski definition) is 2. The van der Waals surface area contributed by atoms with Gasteiger partial charge in [0.1, 0.15) is 6.04 Å². The van der Waals surface area contributed by atoms with E-state index < -0.39 is 16.1 Å². The fraction of sp³-hybridized carbons (Fsp3) is 0.0769. The Morgan fingerprint density at radius 1 is 0.767 bits per heavy atom. The molecule has 0 aromatic heterocycles. The van der Waals surface area contributed by atoms with E-state index >= 15 is 0 Å². The Morgan fingerprint density at radius 2 is 1.43 bits per heavy atom. The summed E-state index contributed by atoms with van der Waals surface area (Å²) in [6.07, 6.45) is 0. The van der Waals surface area contributed by atoms with Crippen molar-refractivity contribution in [2.45, 2.75) is 17.9 Å². The molecule has 3 nitrogen and oxygen atoms in total. The van der Waals surface area contributed by atoms with Gasteiger partial charge >= 0.3 is 0 Å². The molecule has 0 spiro atoms. The van der Waals surface area contributed by atoms with Gasteiger partial charge in [-0.3, -0.25) is 0 Å². The number of benzene rings is 4. The minimum atomic E-state index is -3.73. The Bertz CT molecular complexity index is 1330. The molecular formula is C26H21NO2S. The largest absolute Gasteiger partial charge is 0.241 e. The Labute approximate surface area is 177 Å². The maximum atomic E-state index is 13.0. The van der Waals surface area contributed by atoms with E-state index in [1.54, 1.807) is 24.3 Å². The highest BCUT2D eigenvalue weighted by molar-refractivity contribution is 7.89. The van der Waals surface area contributed by atoms with E-state index in [9.17, 15) is 8.42 Å². The number of fused-ring (bicyclic) bond motifs is 1. The van der Waals surface area contributed by atoms with Gasteiger partial charge in [-0.15, -0.1) is 0 Å². The van der Waals surface area contributed by atoms with Crippen molar-refractivity contribution < 1.29 is 8.42 Å². The summed E-state index contributed by atoms with van der Waals surface area (Å²) in [7, 11) is -3.73. The van der Waals surface area contributed by atoms with Gasteiger partial charge in [0.25, 0.3) is 0 Å². The van der Waals surface area contributed by atoms with Crippen LogP contribution in [0.4, 0.5) is 0 Å². The number of rotatable bonds is 4. The maximum absolute atomic E-state index is 13.0. The van der Waals surface area contributed by atoms with Gasteiger partial charge in [-0.1, -0.05) is 84.1 Å². The number of hydrogen-bond donors (Lipinski definition) is 1. The summed E-state index contributed by atoms with van der Waals surface area (Å²) in [5.41, 5.74) is 2.63. The summed E-state index contributed by atoms with van der Waals surface area (Å²) in [6.45, 7) is 1.92. The van der Waals surface area contributed by atoms with E-state index in [0.717, 1.165) is 27.5 Å². The molecule has 0 heterocycles. The fourth-order valence-electron chi connectivity index (χ4n) is 3.19. The lowest BCUT2D eigenvalue weighted by Gasteiger charge is -2.15. The van der Waals surface area contributed by atoms with E-state index in [2.05, 4.69) is 16.6 Å². The highest BCUT2D eigenvalue weighted by atomic mass is 32.2. The third kappa shape index (κ3) is 4.60. The van der Waals surface area contributed by atoms with Crippen LogP contribution in [0.25, 0.3) is 10.8 Å². The van der Waals surface area contributed by atoms with E-state index in [4.69, 9.17) is 0 Å². The van der Waals surface area contributed by atoms with E-state index in [1.807, 2.05) is 79.7 Å². The third-order valence-electron chi connectivity index (χ3n) is 4.85. The average molecular weight is 412 g/mol. The van der Waals surface area contributed by atoms with Crippen LogP contribution in [0.1, 0.15) is 22.7 Å². The first kappa shape index (κ1) is 19.9. The third-order valence-corrected chi connectivity index (χ3v) is 6.28. The number of aryl methyl sites for hydroxylation is 1. The predicted octanol–water partition coefficient (Wildman–Crippen LogP) is 5.22. The molecule has 1 unspecified atom stereocenters. The standard InChI is InChI=1S/C26H21NO2S/c1-20-11-16-25(17-12-20)30(28,29)27-26(18-13-21-7-3-2-4-8-21)24-15-14-22-9-5-6-10-23(22)19-24/h2-12,14-17,19,26-27H,1H3. The Balaban J connectivity index is 1.74. The lowest BCUT2D eigenvalue weighted by molar-refractivity contribution is 0.576. The van der Waals surface area contributed by atoms with Gasteiger partial charge in [0.2, 0.25) is 10.0 Å². The van der Waals surface area contributed by atoms with Crippen molar-refractivity contribution in [3.05, 3.63) is 114 Å². The van der Waals surface area contributed by atoms with Gasteiger partial charge in [0.05, 0.1) is 4.90 Å². The second kappa shape index (κ2) is 8.54. The molecule has 4 aromatic rings. The van der Waals surface area contributed by atoms with Gasteiger partial charge < -0.3 is 0 Å². The highest BCUT2D eigenvalue weighted by Crippen LogP contribution is 2.22. The first-order valence-corrected chi connectivity index (χ1v) is 11.1. The molecule has 0 fully saturated rings. The van der Waals surface area contributed by atoms with E-state index in [-0.39, 0.29) is 4.90 Å². The van der Waals surface area contributed by atoms with Gasteiger partial charge in [-0.2, -0.15) is 4.72 Å². The molecule has 0 amide bonds. The van der Waals surface area contributed by atoms with E-state index in [0.29, 0.717) is 0 Å².